The molecule has 2 unspecified atom stereocenters. The van der Waals surface area contributed by atoms with E-state index < -0.39 is 10.0 Å². The van der Waals surface area contributed by atoms with E-state index in [4.69, 9.17) is 5.11 Å². The molecule has 0 saturated heterocycles. The van der Waals surface area contributed by atoms with Crippen LogP contribution in [0.5, 0.6) is 0 Å². The van der Waals surface area contributed by atoms with E-state index in [1.54, 1.807) is 0 Å². The summed E-state index contributed by atoms with van der Waals surface area (Å²) in [6, 6.07) is 0. The highest BCUT2D eigenvalue weighted by Crippen LogP contribution is 2.28. The summed E-state index contributed by atoms with van der Waals surface area (Å²) < 4.78 is 28.4. The predicted octanol–water partition coefficient (Wildman–Crippen LogP) is 0.980. The van der Waals surface area contributed by atoms with E-state index in [2.05, 4.69) is 16.7 Å². The Balaban J connectivity index is 1.92. The lowest BCUT2D eigenvalue weighted by Crippen LogP contribution is -2.31. The molecule has 1 heterocycles. The molecule has 7 heteroatoms. The lowest BCUT2D eigenvalue weighted by molar-refractivity contribution is 0.269. The largest absolute Gasteiger partial charge is 0.394 e. The third-order valence-electron chi connectivity index (χ3n) is 3.86. The highest BCUT2D eigenvalue weighted by atomic mass is 32.2. The molecule has 114 valence electrons. The molecule has 1 aliphatic rings. The minimum absolute atomic E-state index is 0.0610. The van der Waals surface area contributed by atoms with Crippen molar-refractivity contribution >= 4 is 10.0 Å². The molecule has 2 N–H and O–H groups in total. The molecular formula is C13H23N3O3S. The van der Waals surface area contributed by atoms with Crippen molar-refractivity contribution in [1.29, 1.82) is 0 Å². The maximum Gasteiger partial charge on any atom is 0.243 e. The Bertz CT molecular complexity index is 527. The van der Waals surface area contributed by atoms with Crippen LogP contribution in [0.2, 0.25) is 0 Å². The molecule has 6 nitrogen and oxygen atoms in total. The average molecular weight is 301 g/mol. The van der Waals surface area contributed by atoms with Crippen LogP contribution in [-0.4, -0.2) is 36.5 Å². The van der Waals surface area contributed by atoms with Crippen molar-refractivity contribution in [2.75, 3.05) is 13.2 Å². The van der Waals surface area contributed by atoms with E-state index in [0.717, 1.165) is 12.8 Å². The lowest BCUT2D eigenvalue weighted by atomic mass is 9.83. The van der Waals surface area contributed by atoms with Crippen LogP contribution < -0.4 is 4.72 Å². The number of aliphatic hydroxyl groups excluding tert-OH is 1. The van der Waals surface area contributed by atoms with Gasteiger partial charge in [-0.25, -0.2) is 13.1 Å². The smallest absolute Gasteiger partial charge is 0.243 e. The molecule has 2 rings (SSSR count). The monoisotopic (exact) mass is 301 g/mol. The van der Waals surface area contributed by atoms with Crippen LogP contribution in [0.1, 0.15) is 32.6 Å². The van der Waals surface area contributed by atoms with Crippen LogP contribution in [-0.2, 0) is 16.6 Å². The summed E-state index contributed by atoms with van der Waals surface area (Å²) in [4.78, 5) is 0.162. The van der Waals surface area contributed by atoms with Crippen molar-refractivity contribution in [1.82, 2.24) is 14.5 Å². The zero-order chi connectivity index (χ0) is 14.6. The molecule has 0 radical (unpaired) electrons. The molecule has 1 aromatic heterocycles. The van der Waals surface area contributed by atoms with Crippen LogP contribution in [0, 0.1) is 11.8 Å². The number of hydrogen-bond acceptors (Lipinski definition) is 4. The molecule has 1 saturated carbocycles. The number of aromatic nitrogens is 2. The quantitative estimate of drug-likeness (QED) is 0.820. The summed E-state index contributed by atoms with van der Waals surface area (Å²) >= 11 is 0. The van der Waals surface area contributed by atoms with Crippen LogP contribution >= 0.6 is 0 Å². The number of sulfonamides is 1. The van der Waals surface area contributed by atoms with Gasteiger partial charge in [0.05, 0.1) is 19.3 Å². The van der Waals surface area contributed by atoms with E-state index in [9.17, 15) is 8.42 Å². The Kier molecular flexibility index (Phi) is 5.17. The first kappa shape index (κ1) is 15.5. The van der Waals surface area contributed by atoms with Crippen molar-refractivity contribution < 1.29 is 13.5 Å². The van der Waals surface area contributed by atoms with E-state index in [0.29, 0.717) is 24.9 Å². The van der Waals surface area contributed by atoms with E-state index in [-0.39, 0.29) is 11.5 Å². The van der Waals surface area contributed by atoms with Gasteiger partial charge in [-0.05, 0) is 24.7 Å². The molecular weight excluding hydrogens is 278 g/mol. The zero-order valence-corrected chi connectivity index (χ0v) is 12.6. The summed E-state index contributed by atoms with van der Waals surface area (Å²) in [5, 5.41) is 12.7. The summed E-state index contributed by atoms with van der Waals surface area (Å²) in [5.74, 6) is 1.12. The van der Waals surface area contributed by atoms with Gasteiger partial charge in [0, 0.05) is 12.7 Å². The highest BCUT2D eigenvalue weighted by Gasteiger charge is 2.22. The average Bonchev–Trinajstić information content (AvgIpc) is 2.87. The lowest BCUT2D eigenvalue weighted by Gasteiger charge is -2.26. The molecule has 0 bridgehead atoms. The van der Waals surface area contributed by atoms with Crippen LogP contribution in [0.15, 0.2) is 17.3 Å². The summed E-state index contributed by atoms with van der Waals surface area (Å²) in [5.41, 5.74) is 0. The second kappa shape index (κ2) is 6.69. The first-order valence-electron chi connectivity index (χ1n) is 7.14. The molecule has 1 aliphatic carbocycles. The van der Waals surface area contributed by atoms with Gasteiger partial charge in [0.1, 0.15) is 4.90 Å². The van der Waals surface area contributed by atoms with Crippen LogP contribution in [0.3, 0.4) is 0 Å². The minimum Gasteiger partial charge on any atom is -0.394 e. The van der Waals surface area contributed by atoms with Gasteiger partial charge in [0.2, 0.25) is 10.0 Å². The third-order valence-corrected chi connectivity index (χ3v) is 5.23. The normalized spacial score (nSPS) is 23.9. The Morgan fingerprint density at radius 3 is 3.00 bits per heavy atom. The second-order valence-corrected chi connectivity index (χ2v) is 7.42. The van der Waals surface area contributed by atoms with Gasteiger partial charge in [0.15, 0.2) is 0 Å². The molecule has 2 atom stereocenters. The van der Waals surface area contributed by atoms with Gasteiger partial charge in [-0.15, -0.1) is 0 Å². The Morgan fingerprint density at radius 1 is 1.50 bits per heavy atom. The van der Waals surface area contributed by atoms with Gasteiger partial charge in [-0.1, -0.05) is 19.8 Å². The first-order chi connectivity index (χ1) is 9.51. The number of nitrogens with zero attached hydrogens (tertiary/aromatic N) is 2. The molecule has 0 spiro atoms. The SMILES string of the molecule is CC1CCCC(CNS(=O)(=O)c2cnn(CCO)c2)C1. The van der Waals surface area contributed by atoms with Gasteiger partial charge in [-0.3, -0.25) is 4.68 Å². The number of rotatable bonds is 6. The number of hydrogen-bond donors (Lipinski definition) is 2. The van der Waals surface area contributed by atoms with Gasteiger partial charge >= 0.3 is 0 Å². The van der Waals surface area contributed by atoms with E-state index in [1.165, 1.54) is 29.9 Å². The zero-order valence-electron chi connectivity index (χ0n) is 11.8. The van der Waals surface area contributed by atoms with Gasteiger partial charge in [0.25, 0.3) is 0 Å². The standard InChI is InChI=1S/C13H23N3O3S/c1-11-3-2-4-12(7-11)8-15-20(18,19)13-9-14-16(10-13)5-6-17/h9-12,15,17H,2-8H2,1H3. The van der Waals surface area contributed by atoms with Crippen molar-refractivity contribution in [3.63, 3.8) is 0 Å². The topological polar surface area (TPSA) is 84.2 Å². The Hall–Kier alpha value is -0.920. The first-order valence-corrected chi connectivity index (χ1v) is 8.62. The fourth-order valence-electron chi connectivity index (χ4n) is 2.76. The Labute approximate surface area is 120 Å². The molecule has 1 aromatic rings. The number of nitrogens with one attached hydrogen (secondary N) is 1. The van der Waals surface area contributed by atoms with Crippen molar-refractivity contribution in [2.45, 2.75) is 44.0 Å². The molecule has 20 heavy (non-hydrogen) atoms. The van der Waals surface area contributed by atoms with Crippen LogP contribution in [0.4, 0.5) is 0 Å². The fourth-order valence-corrected chi connectivity index (χ4v) is 3.83. The summed E-state index contributed by atoms with van der Waals surface area (Å²) in [6.45, 7) is 2.96. The highest BCUT2D eigenvalue weighted by molar-refractivity contribution is 7.89. The van der Waals surface area contributed by atoms with Gasteiger partial charge < -0.3 is 5.11 Å². The summed E-state index contributed by atoms with van der Waals surface area (Å²) in [7, 11) is -3.49. The molecule has 0 amide bonds. The molecule has 0 aliphatic heterocycles. The minimum atomic E-state index is -3.49. The predicted molar refractivity (Wildman–Crippen MR) is 75.6 cm³/mol. The van der Waals surface area contributed by atoms with E-state index >= 15 is 0 Å². The van der Waals surface area contributed by atoms with Crippen molar-refractivity contribution in [2.24, 2.45) is 11.8 Å². The molecule has 1 fully saturated rings. The van der Waals surface area contributed by atoms with Crippen molar-refractivity contribution in [3.8, 4) is 0 Å². The Morgan fingerprint density at radius 2 is 2.30 bits per heavy atom. The van der Waals surface area contributed by atoms with Crippen LogP contribution in [0.25, 0.3) is 0 Å². The number of aliphatic hydroxyl groups is 1. The summed E-state index contributed by atoms with van der Waals surface area (Å²) in [6.07, 6.45) is 7.38. The maximum atomic E-state index is 12.1. The van der Waals surface area contributed by atoms with Gasteiger partial charge in [-0.2, -0.15) is 5.10 Å². The maximum absolute atomic E-state index is 12.1. The fraction of sp³-hybridized carbons (Fsp3) is 0.769. The third kappa shape index (κ3) is 4.04. The van der Waals surface area contributed by atoms with Crippen molar-refractivity contribution in [3.05, 3.63) is 12.4 Å². The second-order valence-electron chi connectivity index (χ2n) is 5.65. The van der Waals surface area contributed by atoms with E-state index in [1.807, 2.05) is 0 Å². The molecule has 0 aromatic carbocycles.